The lowest BCUT2D eigenvalue weighted by atomic mass is 9.74. The molecule has 2 N–H and O–H groups in total. The highest BCUT2D eigenvalue weighted by Crippen LogP contribution is 2.35. The SMILES string of the molecule is CC(C)(c1nc2c(F)cc(F)cc2[nH]1)C1CCCNC1. The Labute approximate surface area is 116 Å². The van der Waals surface area contributed by atoms with E-state index in [1.165, 1.54) is 6.07 Å². The van der Waals surface area contributed by atoms with Crippen molar-refractivity contribution >= 4 is 11.0 Å². The van der Waals surface area contributed by atoms with E-state index in [-0.39, 0.29) is 10.9 Å². The van der Waals surface area contributed by atoms with E-state index in [2.05, 4.69) is 29.1 Å². The molecule has 3 rings (SSSR count). The zero-order chi connectivity index (χ0) is 14.3. The Morgan fingerprint density at radius 1 is 1.30 bits per heavy atom. The van der Waals surface area contributed by atoms with Crippen LogP contribution in [0.4, 0.5) is 8.78 Å². The van der Waals surface area contributed by atoms with E-state index in [9.17, 15) is 8.78 Å². The molecule has 0 radical (unpaired) electrons. The predicted octanol–water partition coefficient (Wildman–Crippen LogP) is 3.12. The Balaban J connectivity index is 2.02. The van der Waals surface area contributed by atoms with Crippen LogP contribution in [-0.2, 0) is 5.41 Å². The van der Waals surface area contributed by atoms with Gasteiger partial charge in [-0.05, 0) is 37.9 Å². The Hall–Kier alpha value is -1.49. The minimum absolute atomic E-state index is 0.199. The molecule has 3 nitrogen and oxygen atoms in total. The van der Waals surface area contributed by atoms with Gasteiger partial charge in [0.15, 0.2) is 5.82 Å². The number of piperidine rings is 1. The van der Waals surface area contributed by atoms with Crippen molar-refractivity contribution in [3.05, 3.63) is 29.6 Å². The molecule has 2 aromatic rings. The number of fused-ring (bicyclic) bond motifs is 1. The summed E-state index contributed by atoms with van der Waals surface area (Å²) >= 11 is 0. The number of benzene rings is 1. The van der Waals surface area contributed by atoms with Crippen LogP contribution in [0, 0.1) is 17.6 Å². The minimum atomic E-state index is -0.611. The zero-order valence-corrected chi connectivity index (χ0v) is 11.8. The summed E-state index contributed by atoms with van der Waals surface area (Å²) in [7, 11) is 0. The number of hydrogen-bond acceptors (Lipinski definition) is 2. The summed E-state index contributed by atoms with van der Waals surface area (Å²) in [6.45, 7) is 6.20. The molecule has 1 atom stereocenters. The minimum Gasteiger partial charge on any atom is -0.341 e. The van der Waals surface area contributed by atoms with Crippen molar-refractivity contribution in [1.29, 1.82) is 0 Å². The maximum Gasteiger partial charge on any atom is 0.153 e. The highest BCUT2D eigenvalue weighted by Gasteiger charge is 2.35. The van der Waals surface area contributed by atoms with Crippen LogP contribution in [0.1, 0.15) is 32.5 Å². The summed E-state index contributed by atoms with van der Waals surface area (Å²) in [6.07, 6.45) is 2.26. The van der Waals surface area contributed by atoms with Crippen molar-refractivity contribution in [3.63, 3.8) is 0 Å². The number of halogens is 2. The largest absolute Gasteiger partial charge is 0.341 e. The molecule has 1 aromatic carbocycles. The van der Waals surface area contributed by atoms with E-state index in [1.807, 2.05) is 0 Å². The van der Waals surface area contributed by atoms with Crippen LogP contribution in [0.2, 0.25) is 0 Å². The van der Waals surface area contributed by atoms with Crippen LogP contribution >= 0.6 is 0 Å². The molecular formula is C15H19F2N3. The van der Waals surface area contributed by atoms with Gasteiger partial charge in [0.1, 0.15) is 17.2 Å². The van der Waals surface area contributed by atoms with Crippen molar-refractivity contribution in [1.82, 2.24) is 15.3 Å². The van der Waals surface area contributed by atoms with E-state index >= 15 is 0 Å². The van der Waals surface area contributed by atoms with Gasteiger partial charge in [0.25, 0.3) is 0 Å². The smallest absolute Gasteiger partial charge is 0.153 e. The number of hydrogen-bond donors (Lipinski definition) is 2. The second-order valence-corrected chi connectivity index (χ2v) is 6.13. The summed E-state index contributed by atoms with van der Waals surface area (Å²) in [5.41, 5.74) is 0.447. The lowest BCUT2D eigenvalue weighted by Crippen LogP contribution is -2.41. The predicted molar refractivity (Wildman–Crippen MR) is 74.6 cm³/mol. The second kappa shape index (κ2) is 4.81. The number of aromatic amines is 1. The molecular weight excluding hydrogens is 260 g/mol. The fraction of sp³-hybridized carbons (Fsp3) is 0.533. The van der Waals surface area contributed by atoms with Gasteiger partial charge in [0.2, 0.25) is 0 Å². The van der Waals surface area contributed by atoms with Crippen LogP contribution in [0.3, 0.4) is 0 Å². The first-order valence-corrected chi connectivity index (χ1v) is 7.04. The summed E-state index contributed by atoms with van der Waals surface area (Å²) in [4.78, 5) is 7.47. The van der Waals surface area contributed by atoms with Crippen LogP contribution in [-0.4, -0.2) is 23.1 Å². The summed E-state index contributed by atoms with van der Waals surface area (Å²) < 4.78 is 27.0. The number of aromatic nitrogens is 2. The average Bonchev–Trinajstić information content (AvgIpc) is 2.84. The molecule has 1 aliphatic rings. The molecule has 0 aliphatic carbocycles. The summed E-state index contributed by atoms with van der Waals surface area (Å²) in [5, 5.41) is 3.39. The first kappa shape index (κ1) is 13.5. The molecule has 0 amide bonds. The number of imidazole rings is 1. The second-order valence-electron chi connectivity index (χ2n) is 6.13. The van der Waals surface area contributed by atoms with E-state index < -0.39 is 11.6 Å². The maximum atomic E-state index is 13.8. The van der Waals surface area contributed by atoms with Gasteiger partial charge < -0.3 is 10.3 Å². The number of H-pyrrole nitrogens is 1. The van der Waals surface area contributed by atoms with Crippen molar-refractivity contribution in [3.8, 4) is 0 Å². The van der Waals surface area contributed by atoms with Gasteiger partial charge >= 0.3 is 0 Å². The molecule has 2 heterocycles. The van der Waals surface area contributed by atoms with Gasteiger partial charge in [0.05, 0.1) is 5.52 Å². The first-order chi connectivity index (χ1) is 9.48. The summed E-state index contributed by atoms with van der Waals surface area (Å²) in [5.74, 6) is -0.0298. The molecule has 0 bridgehead atoms. The van der Waals surface area contributed by atoms with Crippen molar-refractivity contribution in [2.24, 2.45) is 5.92 Å². The molecule has 108 valence electrons. The Morgan fingerprint density at radius 3 is 2.80 bits per heavy atom. The van der Waals surface area contributed by atoms with Gasteiger partial charge in [-0.25, -0.2) is 13.8 Å². The van der Waals surface area contributed by atoms with Crippen molar-refractivity contribution in [2.75, 3.05) is 13.1 Å². The zero-order valence-electron chi connectivity index (χ0n) is 11.8. The molecule has 0 spiro atoms. The molecule has 1 aromatic heterocycles. The van der Waals surface area contributed by atoms with Crippen molar-refractivity contribution in [2.45, 2.75) is 32.1 Å². The van der Waals surface area contributed by atoms with Gasteiger partial charge in [-0.1, -0.05) is 13.8 Å². The monoisotopic (exact) mass is 279 g/mol. The third kappa shape index (κ3) is 2.20. The lowest BCUT2D eigenvalue weighted by molar-refractivity contribution is 0.243. The van der Waals surface area contributed by atoms with Crippen LogP contribution in [0.25, 0.3) is 11.0 Å². The molecule has 5 heteroatoms. The van der Waals surface area contributed by atoms with Gasteiger partial charge in [-0.3, -0.25) is 0 Å². The molecule has 1 aliphatic heterocycles. The topological polar surface area (TPSA) is 40.7 Å². The van der Waals surface area contributed by atoms with Crippen molar-refractivity contribution < 1.29 is 8.78 Å². The molecule has 1 fully saturated rings. The standard InChI is InChI=1S/C15H19F2N3/c1-15(2,9-4-3-5-18-8-9)14-19-12-7-10(16)6-11(17)13(12)20-14/h6-7,9,18H,3-5,8H2,1-2H3,(H,19,20). The average molecular weight is 279 g/mol. The highest BCUT2D eigenvalue weighted by atomic mass is 19.1. The third-order valence-corrected chi connectivity index (χ3v) is 4.43. The van der Waals surface area contributed by atoms with E-state index in [1.54, 1.807) is 0 Å². The Kier molecular flexibility index (Phi) is 3.24. The van der Waals surface area contributed by atoms with Crippen LogP contribution < -0.4 is 5.32 Å². The fourth-order valence-corrected chi connectivity index (χ4v) is 3.01. The molecule has 1 saturated heterocycles. The van der Waals surface area contributed by atoms with Gasteiger partial charge in [0, 0.05) is 11.5 Å². The van der Waals surface area contributed by atoms with Crippen LogP contribution in [0.5, 0.6) is 0 Å². The first-order valence-electron chi connectivity index (χ1n) is 7.04. The van der Waals surface area contributed by atoms with Gasteiger partial charge in [-0.2, -0.15) is 0 Å². The third-order valence-electron chi connectivity index (χ3n) is 4.43. The molecule has 0 saturated carbocycles. The van der Waals surface area contributed by atoms with E-state index in [4.69, 9.17) is 0 Å². The number of rotatable bonds is 2. The number of nitrogens with one attached hydrogen (secondary N) is 2. The van der Waals surface area contributed by atoms with E-state index in [0.717, 1.165) is 37.8 Å². The lowest BCUT2D eigenvalue weighted by Gasteiger charge is -2.35. The highest BCUT2D eigenvalue weighted by molar-refractivity contribution is 5.76. The van der Waals surface area contributed by atoms with E-state index in [0.29, 0.717) is 11.4 Å². The Morgan fingerprint density at radius 2 is 2.10 bits per heavy atom. The fourth-order valence-electron chi connectivity index (χ4n) is 3.01. The Bertz CT molecular complexity index is 627. The molecule has 1 unspecified atom stereocenters. The van der Waals surface area contributed by atoms with Gasteiger partial charge in [-0.15, -0.1) is 0 Å². The molecule has 20 heavy (non-hydrogen) atoms. The summed E-state index contributed by atoms with van der Waals surface area (Å²) in [6, 6.07) is 2.17. The maximum absolute atomic E-state index is 13.8. The quantitative estimate of drug-likeness (QED) is 0.886. The van der Waals surface area contributed by atoms with Crippen LogP contribution in [0.15, 0.2) is 12.1 Å². The normalized spacial score (nSPS) is 20.5. The number of nitrogens with zero attached hydrogens (tertiary/aromatic N) is 1.